The van der Waals surface area contributed by atoms with E-state index < -0.39 is 0 Å². The molecule has 4 aromatic rings. The van der Waals surface area contributed by atoms with Gasteiger partial charge in [-0.1, -0.05) is 36.4 Å². The monoisotopic (exact) mass is 578 g/mol. The number of hydrogen-bond acceptors (Lipinski definition) is 6. The van der Waals surface area contributed by atoms with Crippen LogP contribution in [0.2, 0.25) is 0 Å². The maximum absolute atomic E-state index is 13.7. The molecular weight excluding hydrogens is 543 g/mol. The molecule has 1 amide bonds. The van der Waals surface area contributed by atoms with Crippen molar-refractivity contribution in [3.63, 3.8) is 0 Å². The molecule has 9 nitrogen and oxygen atoms in total. The van der Waals surface area contributed by atoms with Gasteiger partial charge < -0.3 is 20.4 Å². The van der Waals surface area contributed by atoms with Gasteiger partial charge in [0.25, 0.3) is 5.91 Å². The number of guanidine groups is 1. The summed E-state index contributed by atoms with van der Waals surface area (Å²) in [6.45, 7) is 1.04. The molecule has 2 aromatic heterocycles. The van der Waals surface area contributed by atoms with Crippen LogP contribution in [-0.4, -0.2) is 66.4 Å². The van der Waals surface area contributed by atoms with Crippen LogP contribution in [0.15, 0.2) is 83.9 Å². The average molecular weight is 579 g/mol. The summed E-state index contributed by atoms with van der Waals surface area (Å²) in [7, 11) is 7.75. The molecule has 0 atom stereocenters. The molecule has 0 unspecified atom stereocenters. The van der Waals surface area contributed by atoms with Crippen LogP contribution < -0.4 is 10.6 Å². The fourth-order valence-corrected chi connectivity index (χ4v) is 4.57. The van der Waals surface area contributed by atoms with Crippen molar-refractivity contribution >= 4 is 17.7 Å². The number of benzene rings is 2. The first-order valence-electron chi connectivity index (χ1n) is 13.9. The Balaban J connectivity index is 1.52. The van der Waals surface area contributed by atoms with Gasteiger partial charge in [-0.05, 0) is 54.4 Å². The van der Waals surface area contributed by atoms with Crippen molar-refractivity contribution in [1.82, 2.24) is 25.1 Å². The maximum Gasteiger partial charge on any atom is 0.255 e. The normalized spacial score (nSPS) is 10.4. The minimum absolute atomic E-state index is 0.215. The quantitative estimate of drug-likeness (QED) is 0.207. The third-order valence-corrected chi connectivity index (χ3v) is 6.54. The second kappa shape index (κ2) is 14.5. The summed E-state index contributed by atoms with van der Waals surface area (Å²) in [5.41, 5.74) is 4.37. The van der Waals surface area contributed by atoms with Gasteiger partial charge in [-0.25, -0.2) is 14.4 Å². The summed E-state index contributed by atoms with van der Waals surface area (Å²) >= 11 is 0. The lowest BCUT2D eigenvalue weighted by Gasteiger charge is -2.22. The Hall–Kier alpha value is -5.30. The van der Waals surface area contributed by atoms with Crippen molar-refractivity contribution < 1.29 is 9.18 Å². The Bertz CT molecular complexity index is 1630. The van der Waals surface area contributed by atoms with Gasteiger partial charge in [0.1, 0.15) is 11.6 Å². The molecule has 0 fully saturated rings. The van der Waals surface area contributed by atoms with Crippen LogP contribution in [0.1, 0.15) is 32.9 Å². The van der Waals surface area contributed by atoms with E-state index in [0.717, 1.165) is 17.2 Å². The summed E-state index contributed by atoms with van der Waals surface area (Å²) in [4.78, 5) is 31.3. The van der Waals surface area contributed by atoms with Crippen molar-refractivity contribution in [2.24, 2.45) is 4.99 Å². The molecular formula is C33H35FN8O. The SMILES string of the molecule is CN(C)C(=NCc1cccc(CNC(=O)c2ccc(-c3ccccc3C#N)nc2NCCc2cccc(F)c2)n1)N(C)C. The first-order chi connectivity index (χ1) is 20.7. The summed E-state index contributed by atoms with van der Waals surface area (Å²) < 4.78 is 13.7. The highest BCUT2D eigenvalue weighted by molar-refractivity contribution is 5.99. The van der Waals surface area contributed by atoms with Crippen LogP contribution in [-0.2, 0) is 19.5 Å². The number of pyridine rings is 2. The summed E-state index contributed by atoms with van der Waals surface area (Å²) in [6.07, 6.45) is 0.530. The highest BCUT2D eigenvalue weighted by Crippen LogP contribution is 2.25. The van der Waals surface area contributed by atoms with Crippen molar-refractivity contribution in [2.45, 2.75) is 19.5 Å². The van der Waals surface area contributed by atoms with E-state index in [2.05, 4.69) is 26.7 Å². The number of carbonyl (C=O) groups is 1. The summed E-state index contributed by atoms with van der Waals surface area (Å²) in [6, 6.07) is 24.8. The van der Waals surface area contributed by atoms with E-state index in [4.69, 9.17) is 4.98 Å². The van der Waals surface area contributed by atoms with Gasteiger partial charge in [0, 0.05) is 40.3 Å². The molecule has 43 heavy (non-hydrogen) atoms. The number of carbonyl (C=O) groups excluding carboxylic acids is 1. The topological polar surface area (TPSA) is 110 Å². The van der Waals surface area contributed by atoms with Crippen molar-refractivity contribution in [2.75, 3.05) is 40.1 Å². The molecule has 0 aliphatic heterocycles. The van der Waals surface area contributed by atoms with E-state index in [1.165, 1.54) is 12.1 Å². The lowest BCUT2D eigenvalue weighted by molar-refractivity contribution is 0.0951. The zero-order valence-corrected chi connectivity index (χ0v) is 24.8. The Morgan fingerprint density at radius 3 is 2.42 bits per heavy atom. The molecule has 0 saturated heterocycles. The molecule has 0 saturated carbocycles. The van der Waals surface area contributed by atoms with Crippen LogP contribution >= 0.6 is 0 Å². The van der Waals surface area contributed by atoms with Crippen molar-refractivity contribution in [3.8, 4) is 17.3 Å². The maximum atomic E-state index is 13.7. The minimum Gasteiger partial charge on any atom is -0.369 e. The zero-order chi connectivity index (χ0) is 30.8. The van der Waals surface area contributed by atoms with Gasteiger partial charge in [-0.2, -0.15) is 5.26 Å². The van der Waals surface area contributed by atoms with E-state index in [9.17, 15) is 14.4 Å². The Labute approximate surface area is 251 Å². The predicted molar refractivity (Wildman–Crippen MR) is 167 cm³/mol. The number of nitriles is 1. The summed E-state index contributed by atoms with van der Waals surface area (Å²) in [5, 5.41) is 15.8. The van der Waals surface area contributed by atoms with E-state index >= 15 is 0 Å². The molecule has 0 aliphatic rings. The van der Waals surface area contributed by atoms with Crippen LogP contribution in [0.5, 0.6) is 0 Å². The number of amides is 1. The lowest BCUT2D eigenvalue weighted by atomic mass is 10.0. The molecule has 2 N–H and O–H groups in total. The predicted octanol–water partition coefficient (Wildman–Crippen LogP) is 4.72. The summed E-state index contributed by atoms with van der Waals surface area (Å²) in [5.74, 6) is 0.570. The third-order valence-electron chi connectivity index (χ3n) is 6.54. The minimum atomic E-state index is -0.325. The highest BCUT2D eigenvalue weighted by atomic mass is 19.1. The van der Waals surface area contributed by atoms with Crippen LogP contribution in [0.25, 0.3) is 11.3 Å². The molecule has 2 aromatic carbocycles. The molecule has 4 rings (SSSR count). The zero-order valence-electron chi connectivity index (χ0n) is 24.8. The Morgan fingerprint density at radius 2 is 1.67 bits per heavy atom. The number of nitrogens with one attached hydrogen (secondary N) is 2. The molecule has 2 heterocycles. The van der Waals surface area contributed by atoms with Gasteiger partial charge in [0.15, 0.2) is 5.96 Å². The van der Waals surface area contributed by atoms with Gasteiger partial charge in [-0.15, -0.1) is 0 Å². The van der Waals surface area contributed by atoms with Crippen LogP contribution in [0.4, 0.5) is 10.2 Å². The van der Waals surface area contributed by atoms with E-state index in [1.54, 1.807) is 30.3 Å². The third kappa shape index (κ3) is 8.36. The van der Waals surface area contributed by atoms with Gasteiger partial charge in [0.2, 0.25) is 0 Å². The van der Waals surface area contributed by atoms with Gasteiger partial charge in [-0.3, -0.25) is 9.78 Å². The van der Waals surface area contributed by atoms with Crippen LogP contribution in [0.3, 0.4) is 0 Å². The van der Waals surface area contributed by atoms with Crippen molar-refractivity contribution in [3.05, 3.63) is 113 Å². The number of halogens is 1. The number of hydrogen-bond donors (Lipinski definition) is 2. The first kappa shape index (κ1) is 30.7. The second-order valence-corrected chi connectivity index (χ2v) is 10.3. The Kier molecular flexibility index (Phi) is 10.4. The van der Waals surface area contributed by atoms with E-state index in [1.807, 2.05) is 74.4 Å². The fraction of sp³-hybridized carbons (Fsp3) is 0.242. The molecule has 0 spiro atoms. The largest absolute Gasteiger partial charge is 0.369 e. The van der Waals surface area contributed by atoms with Crippen molar-refractivity contribution in [1.29, 1.82) is 5.26 Å². The average Bonchev–Trinajstić information content (AvgIpc) is 3.00. The number of rotatable bonds is 10. The number of aromatic nitrogens is 2. The smallest absolute Gasteiger partial charge is 0.255 e. The molecule has 0 radical (unpaired) electrons. The van der Waals surface area contributed by atoms with E-state index in [0.29, 0.717) is 53.4 Å². The fourth-order valence-electron chi connectivity index (χ4n) is 4.57. The van der Waals surface area contributed by atoms with E-state index in [-0.39, 0.29) is 18.3 Å². The highest BCUT2D eigenvalue weighted by Gasteiger charge is 2.16. The molecule has 220 valence electrons. The van der Waals surface area contributed by atoms with Crippen LogP contribution in [0, 0.1) is 17.1 Å². The lowest BCUT2D eigenvalue weighted by Crippen LogP contribution is -2.35. The van der Waals surface area contributed by atoms with Gasteiger partial charge in [0.05, 0.1) is 47.4 Å². The number of aliphatic imine (C=N–C) groups is 1. The number of anilines is 1. The Morgan fingerprint density at radius 1 is 0.930 bits per heavy atom. The molecule has 10 heteroatoms. The number of nitrogens with zero attached hydrogens (tertiary/aromatic N) is 6. The standard InChI is InChI=1S/C33H35FN8O/c1-41(2)33(42(3)4)38-22-27-13-8-12-26(39-27)21-37-32(43)29-15-16-30(28-14-6-5-10-24(28)20-35)40-31(29)36-18-17-23-9-7-11-25(34)19-23/h5-16,19H,17-18,21-22H2,1-4H3,(H,36,40)(H,37,43). The second-order valence-electron chi connectivity index (χ2n) is 10.3. The van der Waals surface area contributed by atoms with Gasteiger partial charge >= 0.3 is 0 Å². The molecule has 0 aliphatic carbocycles. The molecule has 0 bridgehead atoms. The first-order valence-corrected chi connectivity index (χ1v) is 13.9.